The lowest BCUT2D eigenvalue weighted by atomic mass is 9.99. The number of aryl methyl sites for hydroxylation is 1. The second kappa shape index (κ2) is 6.75. The Kier molecular flexibility index (Phi) is 5.22. The average Bonchev–Trinajstić information content (AvgIpc) is 2.42. The van der Waals surface area contributed by atoms with Gasteiger partial charge in [-0.25, -0.2) is 4.98 Å². The number of anilines is 1. The van der Waals surface area contributed by atoms with Crippen molar-refractivity contribution in [3.63, 3.8) is 0 Å². The SMILES string of the molecule is CCCc1cc(CNC)cc(N2CCN(C)C(C)(C)C2)n1. The van der Waals surface area contributed by atoms with E-state index in [0.29, 0.717) is 0 Å². The largest absolute Gasteiger partial charge is 0.353 e. The van der Waals surface area contributed by atoms with Crippen LogP contribution in [0.1, 0.15) is 38.4 Å². The van der Waals surface area contributed by atoms with Crippen molar-refractivity contribution >= 4 is 5.82 Å². The molecule has 1 aromatic heterocycles. The minimum atomic E-state index is 0.198. The Balaban J connectivity index is 2.25. The zero-order chi connectivity index (χ0) is 15.5. The summed E-state index contributed by atoms with van der Waals surface area (Å²) in [6.45, 7) is 10.9. The van der Waals surface area contributed by atoms with Crippen LogP contribution in [0.5, 0.6) is 0 Å². The number of nitrogens with one attached hydrogen (secondary N) is 1. The zero-order valence-corrected chi connectivity index (χ0v) is 14.2. The summed E-state index contributed by atoms with van der Waals surface area (Å²) in [5.41, 5.74) is 2.75. The molecule has 0 radical (unpaired) electrons. The van der Waals surface area contributed by atoms with Gasteiger partial charge in [0.05, 0.1) is 0 Å². The Bertz CT molecular complexity index is 446. The number of rotatable bonds is 5. The smallest absolute Gasteiger partial charge is 0.129 e. The quantitative estimate of drug-likeness (QED) is 0.901. The molecule has 0 aliphatic carbocycles. The highest BCUT2D eigenvalue weighted by Crippen LogP contribution is 2.24. The van der Waals surface area contributed by atoms with Crippen LogP contribution in [0.25, 0.3) is 0 Å². The predicted molar refractivity (Wildman–Crippen MR) is 89.9 cm³/mol. The van der Waals surface area contributed by atoms with Gasteiger partial charge in [-0.15, -0.1) is 0 Å². The lowest BCUT2D eigenvalue weighted by Gasteiger charge is -2.45. The van der Waals surface area contributed by atoms with Crippen molar-refractivity contribution in [1.82, 2.24) is 15.2 Å². The van der Waals surface area contributed by atoms with Gasteiger partial charge >= 0.3 is 0 Å². The third kappa shape index (κ3) is 3.95. The molecular weight excluding hydrogens is 260 g/mol. The number of piperazine rings is 1. The Morgan fingerprint density at radius 1 is 1.29 bits per heavy atom. The van der Waals surface area contributed by atoms with Crippen molar-refractivity contribution in [1.29, 1.82) is 0 Å². The molecule has 1 saturated heterocycles. The van der Waals surface area contributed by atoms with Crippen molar-refractivity contribution in [3.05, 3.63) is 23.4 Å². The van der Waals surface area contributed by atoms with E-state index >= 15 is 0 Å². The highest BCUT2D eigenvalue weighted by atomic mass is 15.3. The van der Waals surface area contributed by atoms with Gasteiger partial charge in [0, 0.05) is 37.4 Å². The van der Waals surface area contributed by atoms with Crippen molar-refractivity contribution in [2.45, 2.75) is 45.7 Å². The highest BCUT2D eigenvalue weighted by molar-refractivity contribution is 5.44. The van der Waals surface area contributed by atoms with E-state index < -0.39 is 0 Å². The van der Waals surface area contributed by atoms with Gasteiger partial charge in [0.1, 0.15) is 5.82 Å². The minimum absolute atomic E-state index is 0.198. The van der Waals surface area contributed by atoms with Gasteiger partial charge in [-0.3, -0.25) is 4.90 Å². The summed E-state index contributed by atoms with van der Waals surface area (Å²) in [6.07, 6.45) is 2.20. The molecule has 0 saturated carbocycles. The molecule has 1 aliphatic rings. The molecule has 118 valence electrons. The third-order valence-electron chi connectivity index (χ3n) is 4.45. The molecule has 1 N–H and O–H groups in total. The number of aromatic nitrogens is 1. The lowest BCUT2D eigenvalue weighted by molar-refractivity contribution is 0.138. The summed E-state index contributed by atoms with van der Waals surface area (Å²) >= 11 is 0. The predicted octanol–water partition coefficient (Wildman–Crippen LogP) is 2.28. The molecule has 4 heteroatoms. The van der Waals surface area contributed by atoms with Gasteiger partial charge in [-0.05, 0) is 52.1 Å². The fraction of sp³-hybridized carbons (Fsp3) is 0.706. The molecular formula is C17H30N4. The van der Waals surface area contributed by atoms with Crippen LogP contribution in [0, 0.1) is 0 Å². The highest BCUT2D eigenvalue weighted by Gasteiger charge is 2.31. The van der Waals surface area contributed by atoms with Crippen LogP contribution >= 0.6 is 0 Å². The van der Waals surface area contributed by atoms with Crippen LogP contribution in [-0.4, -0.2) is 49.2 Å². The van der Waals surface area contributed by atoms with Crippen LogP contribution in [0.3, 0.4) is 0 Å². The summed E-state index contributed by atoms with van der Waals surface area (Å²) in [7, 11) is 4.21. The third-order valence-corrected chi connectivity index (χ3v) is 4.45. The fourth-order valence-corrected chi connectivity index (χ4v) is 2.92. The molecule has 2 heterocycles. The molecule has 1 aromatic rings. The zero-order valence-electron chi connectivity index (χ0n) is 14.2. The number of likely N-dealkylation sites (N-methyl/N-ethyl adjacent to an activating group) is 1. The van der Waals surface area contributed by atoms with Crippen molar-refractivity contribution < 1.29 is 0 Å². The lowest BCUT2D eigenvalue weighted by Crippen LogP contribution is -2.57. The molecule has 4 nitrogen and oxygen atoms in total. The first-order chi connectivity index (χ1) is 9.96. The van der Waals surface area contributed by atoms with E-state index in [1.54, 1.807) is 0 Å². The van der Waals surface area contributed by atoms with Crippen molar-refractivity contribution in [2.75, 3.05) is 38.6 Å². The normalized spacial score (nSPS) is 19.0. The first-order valence-electron chi connectivity index (χ1n) is 8.07. The van der Waals surface area contributed by atoms with Gasteiger partial charge < -0.3 is 10.2 Å². The first kappa shape index (κ1) is 16.2. The Morgan fingerprint density at radius 3 is 2.67 bits per heavy atom. The van der Waals surface area contributed by atoms with E-state index in [4.69, 9.17) is 4.98 Å². The van der Waals surface area contributed by atoms with Gasteiger partial charge in [0.15, 0.2) is 0 Å². The van der Waals surface area contributed by atoms with Crippen molar-refractivity contribution in [2.24, 2.45) is 0 Å². The second-order valence-electron chi connectivity index (χ2n) is 6.76. The maximum Gasteiger partial charge on any atom is 0.129 e. The molecule has 0 aromatic carbocycles. The number of hydrogen-bond acceptors (Lipinski definition) is 4. The Labute approximate surface area is 129 Å². The molecule has 1 aliphatic heterocycles. The Morgan fingerprint density at radius 2 is 2.05 bits per heavy atom. The average molecular weight is 290 g/mol. The summed E-state index contributed by atoms with van der Waals surface area (Å²) in [5, 5.41) is 3.25. The minimum Gasteiger partial charge on any atom is -0.353 e. The number of nitrogens with zero attached hydrogens (tertiary/aromatic N) is 3. The topological polar surface area (TPSA) is 31.4 Å². The van der Waals surface area contributed by atoms with Gasteiger partial charge in [-0.1, -0.05) is 13.3 Å². The molecule has 0 spiro atoms. The summed E-state index contributed by atoms with van der Waals surface area (Å²) in [5.74, 6) is 1.15. The van der Waals surface area contributed by atoms with Gasteiger partial charge in [0.25, 0.3) is 0 Å². The van der Waals surface area contributed by atoms with E-state index in [1.807, 2.05) is 7.05 Å². The van der Waals surface area contributed by atoms with E-state index in [1.165, 1.54) is 11.3 Å². The maximum absolute atomic E-state index is 4.90. The van der Waals surface area contributed by atoms with Crippen molar-refractivity contribution in [3.8, 4) is 0 Å². The summed E-state index contributed by atoms with van der Waals surface area (Å²) in [6, 6.07) is 4.49. The van der Waals surface area contributed by atoms with E-state index in [9.17, 15) is 0 Å². The van der Waals surface area contributed by atoms with Gasteiger partial charge in [-0.2, -0.15) is 0 Å². The van der Waals surface area contributed by atoms with E-state index in [2.05, 4.69) is 55.1 Å². The molecule has 0 amide bonds. The molecule has 2 rings (SSSR count). The van der Waals surface area contributed by atoms with E-state index in [0.717, 1.165) is 44.8 Å². The molecule has 0 unspecified atom stereocenters. The van der Waals surface area contributed by atoms with Crippen LogP contribution in [0.15, 0.2) is 12.1 Å². The number of pyridine rings is 1. The van der Waals surface area contributed by atoms with Crippen LogP contribution in [0.2, 0.25) is 0 Å². The van der Waals surface area contributed by atoms with Crippen LogP contribution < -0.4 is 10.2 Å². The van der Waals surface area contributed by atoms with Gasteiger partial charge in [0.2, 0.25) is 0 Å². The standard InChI is InChI=1S/C17H30N4/c1-6-7-15-10-14(12-18-4)11-16(19-15)21-9-8-20(5)17(2,3)13-21/h10-11,18H,6-9,12-13H2,1-5H3. The monoisotopic (exact) mass is 290 g/mol. The first-order valence-corrected chi connectivity index (χ1v) is 8.07. The summed E-state index contributed by atoms with van der Waals surface area (Å²) in [4.78, 5) is 9.78. The molecule has 0 atom stereocenters. The summed E-state index contributed by atoms with van der Waals surface area (Å²) < 4.78 is 0. The molecule has 21 heavy (non-hydrogen) atoms. The van der Waals surface area contributed by atoms with Crippen LogP contribution in [0.4, 0.5) is 5.82 Å². The fourth-order valence-electron chi connectivity index (χ4n) is 2.92. The Hall–Kier alpha value is -1.13. The number of hydrogen-bond donors (Lipinski definition) is 1. The molecule has 0 bridgehead atoms. The molecule has 1 fully saturated rings. The van der Waals surface area contributed by atoms with E-state index in [-0.39, 0.29) is 5.54 Å². The van der Waals surface area contributed by atoms with Crippen LogP contribution in [-0.2, 0) is 13.0 Å². The maximum atomic E-state index is 4.90. The second-order valence-corrected chi connectivity index (χ2v) is 6.76.